The molecule has 1 saturated carbocycles. The summed E-state index contributed by atoms with van der Waals surface area (Å²) in [6.45, 7) is 0. The molecule has 1 fully saturated rings. The second-order valence-corrected chi connectivity index (χ2v) is 3.79. The molecule has 3 N–H and O–H groups in total. The molecule has 4 nitrogen and oxygen atoms in total. The largest absolute Gasteiger partial charge is 0.490 e. The van der Waals surface area contributed by atoms with Crippen LogP contribution in [0.3, 0.4) is 0 Å². The topological polar surface area (TPSA) is 72.5 Å². The molecule has 84 valence electrons. The van der Waals surface area contributed by atoms with E-state index in [2.05, 4.69) is 0 Å². The van der Waals surface area contributed by atoms with Gasteiger partial charge in [0.15, 0.2) is 0 Å². The lowest BCUT2D eigenvalue weighted by Crippen LogP contribution is -2.09. The molecule has 0 amide bonds. The van der Waals surface area contributed by atoms with Crippen LogP contribution < -0.4 is 10.5 Å². The van der Waals surface area contributed by atoms with Crippen LogP contribution in [-0.2, 0) is 4.79 Å². The van der Waals surface area contributed by atoms with Crippen molar-refractivity contribution in [2.75, 3.05) is 0 Å². The third-order valence-corrected chi connectivity index (χ3v) is 2.25. The van der Waals surface area contributed by atoms with Gasteiger partial charge in [-0.1, -0.05) is 12.1 Å². The molecule has 2 rings (SSSR count). The third-order valence-electron chi connectivity index (χ3n) is 2.25. The van der Waals surface area contributed by atoms with E-state index in [0.717, 1.165) is 24.2 Å². The Labute approximate surface area is 93.3 Å². The summed E-state index contributed by atoms with van der Waals surface area (Å²) in [5, 5.41) is 8.64. The number of hydrogen-bond donors (Lipinski definition) is 2. The Kier molecular flexibility index (Phi) is 2.81. The van der Waals surface area contributed by atoms with Gasteiger partial charge < -0.3 is 15.6 Å². The molecule has 0 bridgehead atoms. The SMILES string of the molecule is N/C(=C/c1cccc(OC2CC2)c1)C(=O)O. The molecule has 0 aromatic heterocycles. The van der Waals surface area contributed by atoms with Crippen molar-refractivity contribution in [3.8, 4) is 5.75 Å². The Morgan fingerprint density at radius 2 is 2.25 bits per heavy atom. The monoisotopic (exact) mass is 219 g/mol. The second kappa shape index (κ2) is 4.26. The van der Waals surface area contributed by atoms with Crippen LogP contribution in [-0.4, -0.2) is 17.2 Å². The van der Waals surface area contributed by atoms with E-state index in [9.17, 15) is 4.79 Å². The van der Waals surface area contributed by atoms with Crippen molar-refractivity contribution in [1.29, 1.82) is 0 Å². The highest BCUT2D eigenvalue weighted by molar-refractivity contribution is 5.91. The number of benzene rings is 1. The third kappa shape index (κ3) is 2.76. The number of rotatable bonds is 4. The van der Waals surface area contributed by atoms with Crippen molar-refractivity contribution in [2.24, 2.45) is 5.73 Å². The number of hydrogen-bond acceptors (Lipinski definition) is 3. The van der Waals surface area contributed by atoms with Gasteiger partial charge in [0, 0.05) is 0 Å². The summed E-state index contributed by atoms with van der Waals surface area (Å²) < 4.78 is 5.59. The van der Waals surface area contributed by atoms with E-state index in [1.54, 1.807) is 12.1 Å². The fourth-order valence-corrected chi connectivity index (χ4v) is 1.30. The lowest BCUT2D eigenvalue weighted by molar-refractivity contribution is -0.132. The van der Waals surface area contributed by atoms with Crippen LogP contribution >= 0.6 is 0 Å². The van der Waals surface area contributed by atoms with Crippen LogP contribution in [0, 0.1) is 0 Å². The van der Waals surface area contributed by atoms with Gasteiger partial charge in [-0.15, -0.1) is 0 Å². The average molecular weight is 219 g/mol. The highest BCUT2D eigenvalue weighted by Gasteiger charge is 2.23. The zero-order valence-corrected chi connectivity index (χ0v) is 8.72. The van der Waals surface area contributed by atoms with Crippen LogP contribution in [0.1, 0.15) is 18.4 Å². The van der Waals surface area contributed by atoms with E-state index in [-0.39, 0.29) is 5.70 Å². The molecule has 1 aliphatic rings. The van der Waals surface area contributed by atoms with Gasteiger partial charge in [-0.05, 0) is 36.6 Å². The maximum atomic E-state index is 10.6. The van der Waals surface area contributed by atoms with Crippen LogP contribution in [0.5, 0.6) is 5.75 Å². The predicted octanol–water partition coefficient (Wildman–Crippen LogP) is 1.61. The van der Waals surface area contributed by atoms with Gasteiger partial charge in [0.2, 0.25) is 0 Å². The molecule has 0 radical (unpaired) electrons. The van der Waals surface area contributed by atoms with E-state index in [4.69, 9.17) is 15.6 Å². The molecule has 4 heteroatoms. The van der Waals surface area contributed by atoms with Crippen molar-refractivity contribution in [3.05, 3.63) is 35.5 Å². The Balaban J connectivity index is 2.14. The summed E-state index contributed by atoms with van der Waals surface area (Å²) in [4.78, 5) is 10.6. The first kappa shape index (κ1) is 10.5. The quantitative estimate of drug-likeness (QED) is 0.754. The number of carboxylic acid groups (broad SMARTS) is 1. The number of carbonyl (C=O) groups is 1. The Morgan fingerprint density at radius 3 is 2.88 bits per heavy atom. The van der Waals surface area contributed by atoms with Gasteiger partial charge >= 0.3 is 5.97 Å². The fourth-order valence-electron chi connectivity index (χ4n) is 1.30. The standard InChI is InChI=1S/C12H13NO3/c13-11(12(14)15)7-8-2-1-3-10(6-8)16-9-4-5-9/h1-3,6-7,9H,4-5,13H2,(H,14,15)/b11-7+. The molecular formula is C12H13NO3. The van der Waals surface area contributed by atoms with E-state index in [1.807, 2.05) is 12.1 Å². The number of nitrogens with two attached hydrogens (primary N) is 1. The second-order valence-electron chi connectivity index (χ2n) is 3.79. The summed E-state index contributed by atoms with van der Waals surface area (Å²) in [5.41, 5.74) is 5.89. The normalized spacial score (nSPS) is 15.9. The zero-order chi connectivity index (χ0) is 11.5. The molecule has 0 unspecified atom stereocenters. The van der Waals surface area contributed by atoms with Crippen LogP contribution in [0.15, 0.2) is 30.0 Å². The van der Waals surface area contributed by atoms with Gasteiger partial charge in [-0.2, -0.15) is 0 Å². The molecule has 0 aliphatic heterocycles. The molecule has 1 aromatic carbocycles. The summed E-state index contributed by atoms with van der Waals surface area (Å²) in [6, 6.07) is 7.25. The van der Waals surface area contributed by atoms with Crippen LogP contribution in [0.25, 0.3) is 6.08 Å². The maximum absolute atomic E-state index is 10.6. The summed E-state index contributed by atoms with van der Waals surface area (Å²) >= 11 is 0. The predicted molar refractivity (Wildman–Crippen MR) is 59.9 cm³/mol. The van der Waals surface area contributed by atoms with Crippen molar-refractivity contribution < 1.29 is 14.6 Å². The molecule has 0 heterocycles. The van der Waals surface area contributed by atoms with Crippen molar-refractivity contribution >= 4 is 12.0 Å². The first-order chi connectivity index (χ1) is 7.65. The van der Waals surface area contributed by atoms with E-state index < -0.39 is 5.97 Å². The lowest BCUT2D eigenvalue weighted by atomic mass is 10.2. The van der Waals surface area contributed by atoms with Crippen molar-refractivity contribution in [1.82, 2.24) is 0 Å². The van der Waals surface area contributed by atoms with Gasteiger partial charge in [-0.25, -0.2) is 4.79 Å². The molecule has 0 saturated heterocycles. The Bertz CT molecular complexity index is 436. The Morgan fingerprint density at radius 1 is 1.50 bits per heavy atom. The summed E-state index contributed by atoms with van der Waals surface area (Å²) in [5.74, 6) is -0.358. The van der Waals surface area contributed by atoms with E-state index >= 15 is 0 Å². The number of carboxylic acids is 1. The molecule has 1 aliphatic carbocycles. The summed E-state index contributed by atoms with van der Waals surface area (Å²) in [6.07, 6.45) is 3.94. The summed E-state index contributed by atoms with van der Waals surface area (Å²) in [7, 11) is 0. The molecule has 1 aromatic rings. The van der Waals surface area contributed by atoms with Crippen LogP contribution in [0.4, 0.5) is 0 Å². The van der Waals surface area contributed by atoms with Gasteiger partial charge in [0.1, 0.15) is 11.4 Å². The molecule has 0 atom stereocenters. The van der Waals surface area contributed by atoms with E-state index in [1.165, 1.54) is 6.08 Å². The van der Waals surface area contributed by atoms with Crippen molar-refractivity contribution in [3.63, 3.8) is 0 Å². The van der Waals surface area contributed by atoms with Crippen LogP contribution in [0.2, 0.25) is 0 Å². The Hall–Kier alpha value is -1.97. The van der Waals surface area contributed by atoms with E-state index in [0.29, 0.717) is 6.10 Å². The number of ether oxygens (including phenoxy) is 1. The smallest absolute Gasteiger partial charge is 0.351 e. The van der Waals surface area contributed by atoms with Gasteiger partial charge in [0.05, 0.1) is 6.10 Å². The average Bonchev–Trinajstić information content (AvgIpc) is 3.02. The van der Waals surface area contributed by atoms with Gasteiger partial charge in [0.25, 0.3) is 0 Å². The molecule has 16 heavy (non-hydrogen) atoms. The zero-order valence-electron chi connectivity index (χ0n) is 8.72. The highest BCUT2D eigenvalue weighted by Crippen LogP contribution is 2.27. The minimum Gasteiger partial charge on any atom is -0.490 e. The lowest BCUT2D eigenvalue weighted by Gasteiger charge is -2.04. The first-order valence-electron chi connectivity index (χ1n) is 5.12. The minimum atomic E-state index is -1.12. The number of aliphatic carboxylic acids is 1. The molecule has 0 spiro atoms. The first-order valence-corrected chi connectivity index (χ1v) is 5.12. The van der Waals surface area contributed by atoms with Crippen molar-refractivity contribution in [2.45, 2.75) is 18.9 Å². The molecular weight excluding hydrogens is 206 g/mol. The fraction of sp³-hybridized carbons (Fsp3) is 0.250. The van der Waals surface area contributed by atoms with Gasteiger partial charge in [-0.3, -0.25) is 0 Å². The highest BCUT2D eigenvalue weighted by atomic mass is 16.5. The minimum absolute atomic E-state index is 0.177. The maximum Gasteiger partial charge on any atom is 0.351 e.